The van der Waals surface area contributed by atoms with Gasteiger partial charge in [-0.15, -0.1) is 10.2 Å². The normalized spacial score (nSPS) is 11.1. The van der Waals surface area contributed by atoms with Crippen LogP contribution in [0.3, 0.4) is 0 Å². The lowest BCUT2D eigenvalue weighted by atomic mass is 10.3. The first-order valence-electron chi connectivity index (χ1n) is 7.29. The molecule has 126 valence electrons. The fraction of sp³-hybridized carbons (Fsp3) is 0.143. The van der Waals surface area contributed by atoms with Crippen molar-refractivity contribution in [2.24, 2.45) is 0 Å². The molecule has 0 fully saturated rings. The van der Waals surface area contributed by atoms with Gasteiger partial charge in [-0.3, -0.25) is 9.59 Å². The molecule has 0 aliphatic carbocycles. The third-order valence-electron chi connectivity index (χ3n) is 3.67. The third-order valence-corrected chi connectivity index (χ3v) is 4.79. The molecule has 3 aromatic heterocycles. The topological polar surface area (TPSA) is 119 Å². The van der Waals surface area contributed by atoms with Gasteiger partial charge in [0, 0.05) is 14.1 Å². The van der Waals surface area contributed by atoms with Gasteiger partial charge in [-0.25, -0.2) is 9.03 Å². The molecule has 25 heavy (non-hydrogen) atoms. The van der Waals surface area contributed by atoms with Crippen molar-refractivity contribution >= 4 is 43.8 Å². The van der Waals surface area contributed by atoms with Gasteiger partial charge < -0.3 is 10.6 Å². The molecule has 4 aromatic rings. The quantitative estimate of drug-likeness (QED) is 0.532. The molecule has 0 aliphatic rings. The van der Waals surface area contributed by atoms with E-state index in [0.717, 1.165) is 0 Å². The van der Waals surface area contributed by atoms with Gasteiger partial charge in [0.25, 0.3) is 11.8 Å². The molecule has 0 radical (unpaired) electrons. The highest BCUT2D eigenvalue weighted by molar-refractivity contribution is 7.22. The van der Waals surface area contributed by atoms with Crippen LogP contribution in [0, 0.1) is 0 Å². The van der Waals surface area contributed by atoms with E-state index in [1.807, 2.05) is 24.3 Å². The maximum absolute atomic E-state index is 12.1. The molecule has 0 aliphatic heterocycles. The van der Waals surface area contributed by atoms with Crippen LogP contribution in [0.25, 0.3) is 20.7 Å². The van der Waals surface area contributed by atoms with Crippen molar-refractivity contribution in [3.8, 4) is 0 Å². The van der Waals surface area contributed by atoms with Crippen LogP contribution in [0.2, 0.25) is 0 Å². The molecule has 0 unspecified atom stereocenters. The van der Waals surface area contributed by atoms with Crippen molar-refractivity contribution in [3.63, 3.8) is 0 Å². The smallest absolute Gasteiger partial charge is 0.274 e. The summed E-state index contributed by atoms with van der Waals surface area (Å²) in [5, 5.41) is 21.3. The number of fused-ring (bicyclic) bond motifs is 5. The van der Waals surface area contributed by atoms with Crippen molar-refractivity contribution in [2.75, 3.05) is 14.1 Å². The SMILES string of the molecule is CNC(=O)c1nnn2c1sc1c(C(=O)NC)nnn1c1ccccc12. The fourth-order valence-corrected chi connectivity index (χ4v) is 3.57. The van der Waals surface area contributed by atoms with Crippen LogP contribution >= 0.6 is 11.3 Å². The Bertz CT molecular complexity index is 1080. The fourth-order valence-electron chi connectivity index (χ4n) is 2.48. The van der Waals surface area contributed by atoms with E-state index in [0.29, 0.717) is 20.7 Å². The van der Waals surface area contributed by atoms with Crippen molar-refractivity contribution in [1.29, 1.82) is 0 Å². The van der Waals surface area contributed by atoms with Crippen LogP contribution in [0.5, 0.6) is 0 Å². The Morgan fingerprint density at radius 3 is 1.72 bits per heavy atom. The molecule has 11 heteroatoms. The summed E-state index contributed by atoms with van der Waals surface area (Å²) in [5.41, 5.74) is 1.69. The Morgan fingerprint density at radius 2 is 1.32 bits per heavy atom. The zero-order valence-electron chi connectivity index (χ0n) is 13.2. The predicted molar refractivity (Wildman–Crippen MR) is 90.5 cm³/mol. The summed E-state index contributed by atoms with van der Waals surface area (Å²) >= 11 is 1.17. The first-order valence-corrected chi connectivity index (χ1v) is 8.10. The van der Waals surface area contributed by atoms with E-state index in [-0.39, 0.29) is 23.2 Å². The number of amides is 2. The standard InChI is InChI=1S/C14H12N8O2S/c1-15-11(23)9-13-21(19-17-9)7-5-3-4-6-8(7)22-14(25-13)10(18-20-22)12(24)16-2/h3-6H,1-2H3,(H,15,23)(H,16,24). The molecule has 0 spiro atoms. The number of para-hydroxylation sites is 2. The van der Waals surface area contributed by atoms with E-state index in [9.17, 15) is 9.59 Å². The molecule has 2 N–H and O–H groups in total. The van der Waals surface area contributed by atoms with Gasteiger partial charge in [0.1, 0.15) is 0 Å². The lowest BCUT2D eigenvalue weighted by molar-refractivity contribution is 0.0952. The van der Waals surface area contributed by atoms with Gasteiger partial charge in [-0.1, -0.05) is 33.9 Å². The molecular weight excluding hydrogens is 344 g/mol. The van der Waals surface area contributed by atoms with E-state index < -0.39 is 0 Å². The number of hydrogen-bond acceptors (Lipinski definition) is 7. The Hall–Kier alpha value is -3.34. The van der Waals surface area contributed by atoms with Crippen LogP contribution < -0.4 is 10.6 Å². The van der Waals surface area contributed by atoms with E-state index in [2.05, 4.69) is 31.3 Å². The minimum atomic E-state index is -0.367. The highest BCUT2D eigenvalue weighted by Gasteiger charge is 2.20. The molecule has 1 aromatic carbocycles. The first kappa shape index (κ1) is 15.2. The van der Waals surface area contributed by atoms with Crippen LogP contribution in [-0.4, -0.2) is 55.6 Å². The Kier molecular flexibility index (Phi) is 3.42. The van der Waals surface area contributed by atoms with Gasteiger partial charge in [0.05, 0.1) is 11.0 Å². The summed E-state index contributed by atoms with van der Waals surface area (Å²) < 4.78 is 3.12. The number of carbonyl (C=O) groups is 2. The summed E-state index contributed by atoms with van der Waals surface area (Å²) in [6.07, 6.45) is 0. The number of nitrogens with zero attached hydrogens (tertiary/aromatic N) is 6. The molecule has 0 atom stereocenters. The van der Waals surface area contributed by atoms with Crippen molar-refractivity contribution in [1.82, 2.24) is 40.3 Å². The Morgan fingerprint density at radius 1 is 0.880 bits per heavy atom. The Labute approximate surface area is 144 Å². The molecule has 2 amide bonds. The number of carbonyl (C=O) groups excluding carboxylic acids is 2. The summed E-state index contributed by atoms with van der Waals surface area (Å²) in [5.74, 6) is -0.734. The van der Waals surface area contributed by atoms with Gasteiger partial charge >= 0.3 is 0 Å². The number of benzene rings is 1. The summed E-state index contributed by atoms with van der Waals surface area (Å²) in [6.45, 7) is 0. The van der Waals surface area contributed by atoms with Crippen molar-refractivity contribution in [2.45, 2.75) is 0 Å². The van der Waals surface area contributed by atoms with Crippen LogP contribution in [0.1, 0.15) is 21.0 Å². The number of nitrogens with one attached hydrogen (secondary N) is 2. The van der Waals surface area contributed by atoms with Crippen molar-refractivity contribution < 1.29 is 9.59 Å². The third kappa shape index (κ3) is 2.16. The first-order chi connectivity index (χ1) is 12.2. The van der Waals surface area contributed by atoms with Gasteiger partial charge in [-0.2, -0.15) is 0 Å². The molecule has 0 saturated heterocycles. The van der Waals surface area contributed by atoms with Crippen LogP contribution in [0.15, 0.2) is 24.3 Å². The second-order valence-electron chi connectivity index (χ2n) is 5.06. The molecule has 10 nitrogen and oxygen atoms in total. The Balaban J connectivity index is 2.26. The number of aromatic nitrogens is 6. The number of hydrogen-bond donors (Lipinski definition) is 2. The highest BCUT2D eigenvalue weighted by Crippen LogP contribution is 2.25. The maximum Gasteiger partial charge on any atom is 0.274 e. The second-order valence-corrected chi connectivity index (χ2v) is 6.04. The van der Waals surface area contributed by atoms with Crippen molar-refractivity contribution in [3.05, 3.63) is 35.7 Å². The summed E-state index contributed by atoms with van der Waals surface area (Å²) in [7, 11) is 3.04. The van der Waals surface area contributed by atoms with E-state index in [4.69, 9.17) is 0 Å². The average molecular weight is 356 g/mol. The lowest BCUT2D eigenvalue weighted by Gasteiger charge is -1.94. The number of rotatable bonds is 2. The molecule has 3 heterocycles. The maximum atomic E-state index is 12.1. The minimum absolute atomic E-state index is 0.166. The van der Waals surface area contributed by atoms with E-state index in [1.54, 1.807) is 9.03 Å². The molecule has 4 rings (SSSR count). The largest absolute Gasteiger partial charge is 0.354 e. The molecular formula is C14H12N8O2S. The minimum Gasteiger partial charge on any atom is -0.354 e. The van der Waals surface area contributed by atoms with Gasteiger partial charge in [0.2, 0.25) is 0 Å². The molecule has 0 saturated carbocycles. The van der Waals surface area contributed by atoms with Crippen LogP contribution in [0.4, 0.5) is 0 Å². The monoisotopic (exact) mass is 356 g/mol. The molecule has 0 bridgehead atoms. The summed E-state index contributed by atoms with van der Waals surface area (Å²) in [6, 6.07) is 7.35. The highest BCUT2D eigenvalue weighted by atomic mass is 32.1. The summed E-state index contributed by atoms with van der Waals surface area (Å²) in [4.78, 5) is 25.2. The zero-order chi connectivity index (χ0) is 17.6. The second kappa shape index (κ2) is 5.63. The zero-order valence-corrected chi connectivity index (χ0v) is 14.0. The average Bonchev–Trinajstić information content (AvgIpc) is 3.22. The van der Waals surface area contributed by atoms with Gasteiger partial charge in [0.15, 0.2) is 21.0 Å². The lowest BCUT2D eigenvalue weighted by Crippen LogP contribution is -2.18. The van der Waals surface area contributed by atoms with E-state index >= 15 is 0 Å². The van der Waals surface area contributed by atoms with Crippen LogP contribution in [-0.2, 0) is 0 Å². The van der Waals surface area contributed by atoms with Gasteiger partial charge in [-0.05, 0) is 12.1 Å². The predicted octanol–water partition coefficient (Wildman–Crippen LogP) is 0.268. The van der Waals surface area contributed by atoms with E-state index in [1.165, 1.54) is 25.4 Å².